The lowest BCUT2D eigenvalue weighted by Crippen LogP contribution is -2.49. The Balaban J connectivity index is 2.50. The number of amides is 1. The van der Waals surface area contributed by atoms with Crippen LogP contribution in [0.5, 0.6) is 0 Å². The van der Waals surface area contributed by atoms with Crippen LogP contribution in [-0.4, -0.2) is 54.1 Å². The second-order valence-electron chi connectivity index (χ2n) is 4.80. The average molecular weight is 275 g/mol. The lowest BCUT2D eigenvalue weighted by atomic mass is 10.00. The van der Waals surface area contributed by atoms with Crippen LogP contribution in [0.4, 0.5) is 8.78 Å². The maximum Gasteiger partial charge on any atom is 0.251 e. The first kappa shape index (κ1) is 15.8. The number of rotatable bonds is 7. The molecule has 0 unspecified atom stereocenters. The minimum absolute atomic E-state index is 0.0112. The summed E-state index contributed by atoms with van der Waals surface area (Å²) in [5.41, 5.74) is -0.840. The molecule has 2 N–H and O–H groups in total. The molecular formula is C12H19F2N3O2. The molecule has 0 bridgehead atoms. The smallest absolute Gasteiger partial charge is 0.251 e. The second kappa shape index (κ2) is 7.36. The zero-order chi connectivity index (χ0) is 14.3. The number of carbonyl (C=O) groups is 1. The molecule has 0 atom stereocenters. The minimum atomic E-state index is -2.56. The van der Waals surface area contributed by atoms with E-state index in [1.807, 2.05) is 0 Å². The van der Waals surface area contributed by atoms with E-state index in [-0.39, 0.29) is 19.7 Å². The molecule has 1 aliphatic carbocycles. The summed E-state index contributed by atoms with van der Waals surface area (Å²) in [6.45, 7) is -1.07. The number of alkyl halides is 2. The van der Waals surface area contributed by atoms with Crippen molar-refractivity contribution in [3.63, 3.8) is 0 Å². The zero-order valence-corrected chi connectivity index (χ0v) is 10.7. The molecule has 19 heavy (non-hydrogen) atoms. The van der Waals surface area contributed by atoms with E-state index in [2.05, 4.69) is 11.4 Å². The summed E-state index contributed by atoms with van der Waals surface area (Å²) >= 11 is 0. The molecule has 1 aliphatic rings. The van der Waals surface area contributed by atoms with E-state index in [9.17, 15) is 13.6 Å². The fourth-order valence-electron chi connectivity index (χ4n) is 2.32. The van der Waals surface area contributed by atoms with Crippen LogP contribution in [0.25, 0.3) is 0 Å². The van der Waals surface area contributed by atoms with Crippen molar-refractivity contribution in [2.45, 2.75) is 37.6 Å². The quantitative estimate of drug-likeness (QED) is 0.709. The fraction of sp³-hybridized carbons (Fsp3) is 0.833. The number of nitrogens with zero attached hydrogens (tertiary/aromatic N) is 2. The van der Waals surface area contributed by atoms with Crippen molar-refractivity contribution in [3.05, 3.63) is 0 Å². The Labute approximate surface area is 111 Å². The van der Waals surface area contributed by atoms with Gasteiger partial charge in [-0.25, -0.2) is 8.78 Å². The molecule has 0 aliphatic heterocycles. The van der Waals surface area contributed by atoms with E-state index in [0.717, 1.165) is 12.8 Å². The Morgan fingerprint density at radius 3 is 2.58 bits per heavy atom. The Hall–Kier alpha value is -1.26. The fourth-order valence-corrected chi connectivity index (χ4v) is 2.32. The number of aliphatic hydroxyl groups excluding tert-OH is 1. The molecule has 1 amide bonds. The Morgan fingerprint density at radius 2 is 2.11 bits per heavy atom. The molecule has 5 nitrogen and oxygen atoms in total. The average Bonchev–Trinajstić information content (AvgIpc) is 2.77. The van der Waals surface area contributed by atoms with Crippen molar-refractivity contribution in [3.8, 4) is 6.07 Å². The molecule has 0 aromatic rings. The van der Waals surface area contributed by atoms with Crippen LogP contribution in [0.2, 0.25) is 0 Å². The van der Waals surface area contributed by atoms with Crippen LogP contribution in [0.3, 0.4) is 0 Å². The third-order valence-electron chi connectivity index (χ3n) is 3.23. The summed E-state index contributed by atoms with van der Waals surface area (Å²) in [7, 11) is 0. The summed E-state index contributed by atoms with van der Waals surface area (Å²) in [5, 5.41) is 20.5. The van der Waals surface area contributed by atoms with Gasteiger partial charge in [-0.2, -0.15) is 5.26 Å². The molecular weight excluding hydrogens is 256 g/mol. The Bertz CT molecular complexity index is 338. The van der Waals surface area contributed by atoms with Crippen molar-refractivity contribution < 1.29 is 18.7 Å². The van der Waals surface area contributed by atoms with Gasteiger partial charge >= 0.3 is 0 Å². The number of nitriles is 1. The van der Waals surface area contributed by atoms with Crippen LogP contribution < -0.4 is 5.32 Å². The monoisotopic (exact) mass is 275 g/mol. The van der Waals surface area contributed by atoms with E-state index >= 15 is 0 Å². The topological polar surface area (TPSA) is 76.4 Å². The predicted octanol–water partition coefficient (Wildman–Crippen LogP) is 0.498. The van der Waals surface area contributed by atoms with E-state index in [0.29, 0.717) is 12.8 Å². The van der Waals surface area contributed by atoms with Crippen LogP contribution in [-0.2, 0) is 4.79 Å². The maximum absolute atomic E-state index is 12.3. The van der Waals surface area contributed by atoms with Gasteiger partial charge in [0.15, 0.2) is 0 Å². The van der Waals surface area contributed by atoms with Crippen LogP contribution in [0.15, 0.2) is 0 Å². The largest absolute Gasteiger partial charge is 0.395 e. The molecule has 1 rings (SSSR count). The summed E-state index contributed by atoms with van der Waals surface area (Å²) < 4.78 is 24.6. The molecule has 0 aromatic heterocycles. The third-order valence-corrected chi connectivity index (χ3v) is 3.23. The van der Waals surface area contributed by atoms with Crippen LogP contribution in [0, 0.1) is 11.3 Å². The molecule has 108 valence electrons. The van der Waals surface area contributed by atoms with Gasteiger partial charge in [0.25, 0.3) is 6.43 Å². The lowest BCUT2D eigenvalue weighted by Gasteiger charge is -2.25. The standard InChI is InChI=1S/C12H19F2N3O2/c13-10(14)7-17(5-6-18)8-11(19)16-12(9-15)3-1-2-4-12/h10,18H,1-8H2,(H,16,19). The third kappa shape index (κ3) is 5.09. The second-order valence-corrected chi connectivity index (χ2v) is 4.80. The molecule has 1 saturated carbocycles. The first-order chi connectivity index (χ1) is 9.01. The highest BCUT2D eigenvalue weighted by atomic mass is 19.3. The first-order valence-corrected chi connectivity index (χ1v) is 6.35. The number of nitrogens with one attached hydrogen (secondary N) is 1. The van der Waals surface area contributed by atoms with Crippen molar-refractivity contribution in [1.82, 2.24) is 10.2 Å². The number of hydrogen-bond donors (Lipinski definition) is 2. The van der Waals surface area contributed by atoms with Crippen molar-refractivity contribution >= 4 is 5.91 Å². The van der Waals surface area contributed by atoms with Gasteiger partial charge < -0.3 is 10.4 Å². The maximum atomic E-state index is 12.3. The Kier molecular flexibility index (Phi) is 6.12. The van der Waals surface area contributed by atoms with Gasteiger partial charge in [0.05, 0.1) is 25.8 Å². The summed E-state index contributed by atoms with van der Waals surface area (Å²) in [6, 6.07) is 2.11. The molecule has 7 heteroatoms. The SMILES string of the molecule is N#CC1(NC(=O)CN(CCO)CC(F)F)CCCC1. The lowest BCUT2D eigenvalue weighted by molar-refractivity contribution is -0.124. The highest BCUT2D eigenvalue weighted by molar-refractivity contribution is 5.79. The minimum Gasteiger partial charge on any atom is -0.395 e. The van der Waals surface area contributed by atoms with Gasteiger partial charge in [0.2, 0.25) is 5.91 Å². The highest BCUT2D eigenvalue weighted by Crippen LogP contribution is 2.28. The van der Waals surface area contributed by atoms with Gasteiger partial charge in [0, 0.05) is 6.54 Å². The normalized spacial score (nSPS) is 17.7. The van der Waals surface area contributed by atoms with Crippen LogP contribution >= 0.6 is 0 Å². The summed E-state index contributed by atoms with van der Waals surface area (Å²) in [4.78, 5) is 13.0. The number of halogens is 2. The van der Waals surface area contributed by atoms with Gasteiger partial charge in [-0.3, -0.25) is 9.69 Å². The van der Waals surface area contributed by atoms with Crippen molar-refractivity contribution in [2.24, 2.45) is 0 Å². The van der Waals surface area contributed by atoms with E-state index in [1.54, 1.807) is 0 Å². The Morgan fingerprint density at radius 1 is 1.47 bits per heavy atom. The molecule has 1 fully saturated rings. The van der Waals surface area contributed by atoms with Gasteiger partial charge in [-0.1, -0.05) is 0 Å². The highest BCUT2D eigenvalue weighted by Gasteiger charge is 2.35. The molecule has 0 spiro atoms. The molecule has 0 heterocycles. The van der Waals surface area contributed by atoms with Gasteiger partial charge in [0.1, 0.15) is 5.54 Å². The van der Waals surface area contributed by atoms with E-state index < -0.39 is 24.4 Å². The van der Waals surface area contributed by atoms with Crippen molar-refractivity contribution in [1.29, 1.82) is 5.26 Å². The molecule has 0 saturated heterocycles. The zero-order valence-electron chi connectivity index (χ0n) is 10.7. The van der Waals surface area contributed by atoms with Crippen LogP contribution in [0.1, 0.15) is 25.7 Å². The number of carbonyl (C=O) groups excluding carboxylic acids is 1. The van der Waals surface area contributed by atoms with Gasteiger partial charge in [-0.15, -0.1) is 0 Å². The molecule has 0 radical (unpaired) electrons. The molecule has 0 aromatic carbocycles. The number of aliphatic hydroxyl groups is 1. The summed E-state index contributed by atoms with van der Waals surface area (Å²) in [5.74, 6) is -0.447. The number of hydrogen-bond acceptors (Lipinski definition) is 4. The van der Waals surface area contributed by atoms with E-state index in [4.69, 9.17) is 10.4 Å². The van der Waals surface area contributed by atoms with E-state index in [1.165, 1.54) is 4.90 Å². The first-order valence-electron chi connectivity index (χ1n) is 6.35. The van der Waals surface area contributed by atoms with Crippen molar-refractivity contribution in [2.75, 3.05) is 26.2 Å². The van der Waals surface area contributed by atoms with Gasteiger partial charge in [-0.05, 0) is 25.7 Å². The summed E-state index contributed by atoms with van der Waals surface area (Å²) in [6.07, 6.45) is 0.403. The predicted molar refractivity (Wildman–Crippen MR) is 64.5 cm³/mol.